The summed E-state index contributed by atoms with van der Waals surface area (Å²) in [5.74, 6) is 1.41. The van der Waals surface area contributed by atoms with E-state index in [0.717, 1.165) is 42.9 Å². The van der Waals surface area contributed by atoms with Gasteiger partial charge in [0, 0.05) is 57.6 Å². The molecule has 170 valence electrons. The van der Waals surface area contributed by atoms with E-state index in [2.05, 4.69) is 15.2 Å². The van der Waals surface area contributed by atoms with E-state index >= 15 is 0 Å². The minimum absolute atomic E-state index is 0.00885. The third-order valence-corrected chi connectivity index (χ3v) is 5.81. The third-order valence-electron chi connectivity index (χ3n) is 5.81. The van der Waals surface area contributed by atoms with Gasteiger partial charge in [0.25, 0.3) is 0 Å². The van der Waals surface area contributed by atoms with Gasteiger partial charge in [-0.15, -0.1) is 0 Å². The van der Waals surface area contributed by atoms with Gasteiger partial charge in [-0.25, -0.2) is 14.4 Å². The topological polar surface area (TPSA) is 107 Å². The molecule has 1 aromatic carbocycles. The highest BCUT2D eigenvalue weighted by molar-refractivity contribution is 5.89. The molecule has 3 heterocycles. The SMILES string of the molecule is CNc1nc(N2CCC(N)CC2)nc(-c2ccc(C#N)c(F)c2)c1-c1ccc(N(C)C)nc1. The molecule has 4 rings (SSSR count). The number of nitrogens with one attached hydrogen (secondary N) is 1. The van der Waals surface area contributed by atoms with Crippen LogP contribution in [0.25, 0.3) is 22.4 Å². The van der Waals surface area contributed by atoms with Crippen molar-refractivity contribution in [3.63, 3.8) is 0 Å². The zero-order chi connectivity index (χ0) is 23.5. The molecule has 1 aliphatic heterocycles. The van der Waals surface area contributed by atoms with Crippen LogP contribution in [0, 0.1) is 17.1 Å². The Balaban J connectivity index is 1.90. The number of aromatic nitrogens is 3. The molecule has 3 aromatic rings. The van der Waals surface area contributed by atoms with Gasteiger partial charge in [-0.3, -0.25) is 0 Å². The number of hydrogen-bond donors (Lipinski definition) is 2. The van der Waals surface area contributed by atoms with Gasteiger partial charge in [-0.05, 0) is 37.1 Å². The van der Waals surface area contributed by atoms with Gasteiger partial charge in [-0.1, -0.05) is 6.07 Å². The summed E-state index contributed by atoms with van der Waals surface area (Å²) in [6, 6.07) is 10.5. The first-order chi connectivity index (χ1) is 15.9. The molecule has 0 bridgehead atoms. The van der Waals surface area contributed by atoms with Crippen LogP contribution in [0.3, 0.4) is 0 Å². The zero-order valence-electron chi connectivity index (χ0n) is 19.0. The minimum atomic E-state index is -0.586. The van der Waals surface area contributed by atoms with Gasteiger partial charge in [0.1, 0.15) is 23.5 Å². The fourth-order valence-corrected chi connectivity index (χ4v) is 3.90. The third kappa shape index (κ3) is 4.56. The maximum Gasteiger partial charge on any atom is 0.227 e. The fourth-order valence-electron chi connectivity index (χ4n) is 3.90. The standard InChI is InChI=1S/C24H27FN8/c1-28-23-21(17-6-7-20(29-14-17)32(2)3)22(15-4-5-16(13-26)19(25)12-15)30-24(31-23)33-10-8-18(27)9-11-33/h4-7,12,14,18H,8-11,27H2,1-3H3,(H,28,30,31). The number of pyridine rings is 1. The molecule has 1 fully saturated rings. The lowest BCUT2D eigenvalue weighted by atomic mass is 9.99. The van der Waals surface area contributed by atoms with Crippen molar-refractivity contribution in [1.82, 2.24) is 15.0 Å². The van der Waals surface area contributed by atoms with Gasteiger partial charge in [-0.2, -0.15) is 10.2 Å². The second-order valence-corrected chi connectivity index (χ2v) is 8.28. The van der Waals surface area contributed by atoms with E-state index in [1.165, 1.54) is 12.1 Å². The molecule has 9 heteroatoms. The maximum absolute atomic E-state index is 14.6. The van der Waals surface area contributed by atoms with Gasteiger partial charge in [0.2, 0.25) is 5.95 Å². The zero-order valence-corrected chi connectivity index (χ0v) is 19.0. The number of anilines is 3. The Kier molecular flexibility index (Phi) is 6.38. The summed E-state index contributed by atoms with van der Waals surface area (Å²) in [4.78, 5) is 18.2. The first kappa shape index (κ1) is 22.4. The van der Waals surface area contributed by atoms with Crippen LogP contribution >= 0.6 is 0 Å². The predicted molar refractivity (Wildman–Crippen MR) is 129 cm³/mol. The van der Waals surface area contributed by atoms with Crippen LogP contribution in [0.4, 0.5) is 22.0 Å². The molecule has 0 atom stereocenters. The monoisotopic (exact) mass is 446 g/mol. The molecule has 0 amide bonds. The van der Waals surface area contributed by atoms with E-state index in [0.29, 0.717) is 23.0 Å². The number of hydrogen-bond acceptors (Lipinski definition) is 8. The summed E-state index contributed by atoms with van der Waals surface area (Å²) in [5.41, 5.74) is 8.72. The van der Waals surface area contributed by atoms with E-state index in [9.17, 15) is 4.39 Å². The molecular weight excluding hydrogens is 419 g/mol. The van der Waals surface area contributed by atoms with Crippen molar-refractivity contribution in [1.29, 1.82) is 5.26 Å². The van der Waals surface area contributed by atoms with Crippen LogP contribution < -0.4 is 20.9 Å². The van der Waals surface area contributed by atoms with Crippen molar-refractivity contribution >= 4 is 17.6 Å². The van der Waals surface area contributed by atoms with E-state index in [4.69, 9.17) is 21.0 Å². The Morgan fingerprint density at radius 2 is 1.88 bits per heavy atom. The largest absolute Gasteiger partial charge is 0.372 e. The van der Waals surface area contributed by atoms with Crippen molar-refractivity contribution < 1.29 is 4.39 Å². The van der Waals surface area contributed by atoms with Crippen LogP contribution in [-0.2, 0) is 0 Å². The van der Waals surface area contributed by atoms with Gasteiger partial charge in [0.05, 0.1) is 16.8 Å². The van der Waals surface area contributed by atoms with Gasteiger partial charge < -0.3 is 20.9 Å². The Morgan fingerprint density at radius 3 is 2.45 bits per heavy atom. The summed E-state index contributed by atoms with van der Waals surface area (Å²) in [6.45, 7) is 1.51. The summed E-state index contributed by atoms with van der Waals surface area (Å²) in [6.07, 6.45) is 3.48. The van der Waals surface area contributed by atoms with Crippen LogP contribution in [0.1, 0.15) is 18.4 Å². The second kappa shape index (κ2) is 9.38. The average Bonchev–Trinajstić information content (AvgIpc) is 2.83. The van der Waals surface area contributed by atoms with Crippen LogP contribution in [0.2, 0.25) is 0 Å². The van der Waals surface area contributed by atoms with Crippen molar-refractivity contribution in [2.75, 3.05) is 49.3 Å². The molecule has 8 nitrogen and oxygen atoms in total. The molecular formula is C24H27FN8. The molecule has 2 aromatic heterocycles. The Morgan fingerprint density at radius 1 is 1.15 bits per heavy atom. The number of nitrogens with two attached hydrogens (primary N) is 1. The maximum atomic E-state index is 14.6. The average molecular weight is 447 g/mol. The highest BCUT2D eigenvalue weighted by atomic mass is 19.1. The van der Waals surface area contributed by atoms with Gasteiger partial charge in [0.15, 0.2) is 0 Å². The molecule has 0 radical (unpaired) electrons. The number of nitrogens with zero attached hydrogens (tertiary/aromatic N) is 6. The molecule has 1 aliphatic rings. The number of halogens is 1. The number of nitriles is 1. The minimum Gasteiger partial charge on any atom is -0.372 e. The number of benzene rings is 1. The first-order valence-electron chi connectivity index (χ1n) is 10.9. The van der Waals surface area contributed by atoms with Gasteiger partial charge >= 0.3 is 0 Å². The number of rotatable bonds is 5. The lowest BCUT2D eigenvalue weighted by Gasteiger charge is -2.31. The molecule has 0 aliphatic carbocycles. The van der Waals surface area contributed by atoms with Crippen molar-refractivity contribution in [3.05, 3.63) is 47.9 Å². The quantitative estimate of drug-likeness (QED) is 0.615. The fraction of sp³-hybridized carbons (Fsp3) is 0.333. The van der Waals surface area contributed by atoms with Crippen LogP contribution in [0.15, 0.2) is 36.5 Å². The van der Waals surface area contributed by atoms with Crippen molar-refractivity contribution in [2.45, 2.75) is 18.9 Å². The number of piperidine rings is 1. The summed E-state index contributed by atoms with van der Waals surface area (Å²) >= 11 is 0. The normalized spacial score (nSPS) is 14.1. The van der Waals surface area contributed by atoms with E-state index < -0.39 is 5.82 Å². The highest BCUT2D eigenvalue weighted by Gasteiger charge is 2.24. The molecule has 1 saturated heterocycles. The van der Waals surface area contributed by atoms with Crippen LogP contribution in [-0.4, -0.2) is 55.2 Å². The molecule has 3 N–H and O–H groups in total. The predicted octanol–water partition coefficient (Wildman–Crippen LogP) is 3.25. The Labute approximate surface area is 192 Å². The lowest BCUT2D eigenvalue weighted by molar-refractivity contribution is 0.496. The summed E-state index contributed by atoms with van der Waals surface area (Å²) < 4.78 is 14.6. The molecule has 0 saturated carbocycles. The van der Waals surface area contributed by atoms with Crippen molar-refractivity contribution in [3.8, 4) is 28.5 Å². The van der Waals surface area contributed by atoms with Crippen molar-refractivity contribution in [2.24, 2.45) is 5.73 Å². The second-order valence-electron chi connectivity index (χ2n) is 8.28. The van der Waals surface area contributed by atoms with E-state index in [1.807, 2.05) is 37.2 Å². The summed E-state index contributed by atoms with van der Waals surface area (Å²) in [7, 11) is 5.65. The highest BCUT2D eigenvalue weighted by Crippen LogP contribution is 2.38. The van der Waals surface area contributed by atoms with E-state index in [-0.39, 0.29) is 11.6 Å². The molecule has 33 heavy (non-hydrogen) atoms. The Hall–Kier alpha value is -3.77. The first-order valence-corrected chi connectivity index (χ1v) is 10.9. The molecule has 0 unspecified atom stereocenters. The smallest absolute Gasteiger partial charge is 0.227 e. The lowest BCUT2D eigenvalue weighted by Crippen LogP contribution is -2.40. The Bertz CT molecular complexity index is 1180. The van der Waals surface area contributed by atoms with Crippen LogP contribution in [0.5, 0.6) is 0 Å². The van der Waals surface area contributed by atoms with E-state index in [1.54, 1.807) is 19.3 Å². The molecule has 0 spiro atoms. The summed E-state index contributed by atoms with van der Waals surface area (Å²) in [5, 5.41) is 12.3.